The molecule has 80 valence electrons. The van der Waals surface area contributed by atoms with E-state index in [2.05, 4.69) is 11.3 Å². The molecule has 0 aliphatic carbocycles. The summed E-state index contributed by atoms with van der Waals surface area (Å²) in [7, 11) is 0. The maximum Gasteiger partial charge on any atom is 0.338 e. The first-order valence-electron chi connectivity index (χ1n) is 4.68. The van der Waals surface area contributed by atoms with Crippen LogP contribution in [0.2, 0.25) is 0 Å². The third-order valence-electron chi connectivity index (χ3n) is 1.58. The molecule has 0 spiro atoms. The highest BCUT2D eigenvalue weighted by atomic mass is 16.4. The van der Waals surface area contributed by atoms with Crippen molar-refractivity contribution in [2.75, 3.05) is 6.54 Å². The van der Waals surface area contributed by atoms with E-state index in [1.165, 1.54) is 37.9 Å². The average molecular weight is 199 g/mol. The van der Waals surface area contributed by atoms with E-state index in [0.29, 0.717) is 0 Å². The number of nitrogens with two attached hydrogens (primary N) is 1. The van der Waals surface area contributed by atoms with E-state index in [4.69, 9.17) is 10.8 Å². The standard InChI is InChI=1S/C5H13N.C5H4O3/c1-2-3-4-5-6;6-5(7)4-1-2-8-3-4/h2-6H2,1H3;1-3H,(H,6,7). The Bertz CT molecular complexity index is 228. The molecule has 1 rings (SSSR count). The van der Waals surface area contributed by atoms with Gasteiger partial charge in [-0.2, -0.15) is 0 Å². The van der Waals surface area contributed by atoms with Crippen LogP contribution < -0.4 is 5.73 Å². The second-order valence-electron chi connectivity index (χ2n) is 2.81. The Morgan fingerprint density at radius 2 is 2.29 bits per heavy atom. The molecule has 0 radical (unpaired) electrons. The largest absolute Gasteiger partial charge is 0.478 e. The van der Waals surface area contributed by atoms with E-state index in [-0.39, 0.29) is 5.56 Å². The van der Waals surface area contributed by atoms with Gasteiger partial charge in [-0.3, -0.25) is 0 Å². The monoisotopic (exact) mass is 199 g/mol. The number of rotatable bonds is 4. The molecule has 3 N–H and O–H groups in total. The normalized spacial score (nSPS) is 9.00. The van der Waals surface area contributed by atoms with E-state index < -0.39 is 5.97 Å². The first-order chi connectivity index (χ1) is 6.72. The minimum absolute atomic E-state index is 0.185. The quantitative estimate of drug-likeness (QED) is 0.728. The van der Waals surface area contributed by atoms with Crippen molar-refractivity contribution in [2.45, 2.75) is 26.2 Å². The number of carbonyl (C=O) groups is 1. The fourth-order valence-corrected chi connectivity index (χ4v) is 0.780. The highest BCUT2D eigenvalue weighted by Crippen LogP contribution is 1.97. The zero-order valence-corrected chi connectivity index (χ0v) is 8.40. The zero-order valence-electron chi connectivity index (χ0n) is 8.40. The molecule has 1 aromatic rings. The van der Waals surface area contributed by atoms with E-state index in [0.717, 1.165) is 6.54 Å². The molecule has 1 heterocycles. The van der Waals surface area contributed by atoms with Gasteiger partial charge in [0.15, 0.2) is 0 Å². The van der Waals surface area contributed by atoms with Crippen molar-refractivity contribution in [3.05, 3.63) is 24.2 Å². The maximum absolute atomic E-state index is 10.0. The molecule has 4 heteroatoms. The van der Waals surface area contributed by atoms with Crippen LogP contribution in [0.5, 0.6) is 0 Å². The van der Waals surface area contributed by atoms with Gasteiger partial charge in [0.05, 0.1) is 11.8 Å². The molecule has 14 heavy (non-hydrogen) atoms. The number of furan rings is 1. The van der Waals surface area contributed by atoms with E-state index in [1.54, 1.807) is 0 Å². The number of unbranched alkanes of at least 4 members (excludes halogenated alkanes) is 2. The Hall–Kier alpha value is -1.29. The van der Waals surface area contributed by atoms with Crippen LogP contribution in [0.4, 0.5) is 0 Å². The molecule has 0 saturated carbocycles. The lowest BCUT2D eigenvalue weighted by Gasteiger charge is -1.86. The predicted octanol–water partition coefficient (Wildman–Crippen LogP) is 2.11. The summed E-state index contributed by atoms with van der Waals surface area (Å²) in [4.78, 5) is 10.0. The fourth-order valence-electron chi connectivity index (χ4n) is 0.780. The highest BCUT2D eigenvalue weighted by Gasteiger charge is 2.00. The summed E-state index contributed by atoms with van der Waals surface area (Å²) >= 11 is 0. The topological polar surface area (TPSA) is 76.5 Å². The lowest BCUT2D eigenvalue weighted by molar-refractivity contribution is 0.0696. The molecule has 0 amide bonds. The first-order valence-corrected chi connectivity index (χ1v) is 4.68. The third kappa shape index (κ3) is 6.25. The van der Waals surface area contributed by atoms with Crippen molar-refractivity contribution in [3.63, 3.8) is 0 Å². The number of hydrogen-bond acceptors (Lipinski definition) is 3. The van der Waals surface area contributed by atoms with Gasteiger partial charge in [0.25, 0.3) is 0 Å². The van der Waals surface area contributed by atoms with Gasteiger partial charge in [-0.15, -0.1) is 0 Å². The fraction of sp³-hybridized carbons (Fsp3) is 0.500. The second-order valence-corrected chi connectivity index (χ2v) is 2.81. The van der Waals surface area contributed by atoms with Gasteiger partial charge in [0, 0.05) is 0 Å². The maximum atomic E-state index is 10.0. The molecule has 0 saturated heterocycles. The Balaban J connectivity index is 0.000000255. The van der Waals surface area contributed by atoms with Crippen molar-refractivity contribution >= 4 is 5.97 Å². The SMILES string of the molecule is CCCCCN.O=C(O)c1ccoc1. The van der Waals surface area contributed by atoms with Crippen LogP contribution in [-0.4, -0.2) is 17.6 Å². The van der Waals surface area contributed by atoms with E-state index in [9.17, 15) is 4.79 Å². The molecule has 1 aromatic heterocycles. The summed E-state index contributed by atoms with van der Waals surface area (Å²) in [5.74, 6) is -0.959. The molecule has 0 aliphatic rings. The molecule has 0 fully saturated rings. The molecular weight excluding hydrogens is 182 g/mol. The minimum atomic E-state index is -0.959. The van der Waals surface area contributed by atoms with Crippen LogP contribution in [0, 0.1) is 0 Å². The lowest BCUT2D eigenvalue weighted by atomic mass is 10.3. The molecule has 0 atom stereocenters. The highest BCUT2D eigenvalue weighted by molar-refractivity contribution is 5.86. The number of carboxylic acid groups (broad SMARTS) is 1. The Morgan fingerprint density at radius 1 is 1.57 bits per heavy atom. The van der Waals surface area contributed by atoms with Gasteiger partial charge in [-0.25, -0.2) is 4.79 Å². The van der Waals surface area contributed by atoms with Crippen molar-refractivity contribution in [1.29, 1.82) is 0 Å². The van der Waals surface area contributed by atoms with Crippen molar-refractivity contribution in [3.8, 4) is 0 Å². The zero-order chi connectivity index (χ0) is 10.8. The molecule has 0 unspecified atom stereocenters. The Labute approximate surface area is 83.7 Å². The van der Waals surface area contributed by atoms with Crippen LogP contribution in [-0.2, 0) is 0 Å². The van der Waals surface area contributed by atoms with E-state index in [1.807, 2.05) is 0 Å². The first kappa shape index (κ1) is 12.7. The minimum Gasteiger partial charge on any atom is -0.478 e. The number of carboxylic acids is 1. The summed E-state index contributed by atoms with van der Waals surface area (Å²) in [5.41, 5.74) is 5.40. The lowest BCUT2D eigenvalue weighted by Crippen LogP contribution is -1.96. The van der Waals surface area contributed by atoms with Crippen LogP contribution in [0.25, 0.3) is 0 Å². The van der Waals surface area contributed by atoms with Crippen molar-refractivity contribution in [1.82, 2.24) is 0 Å². The summed E-state index contributed by atoms with van der Waals surface area (Å²) in [6.07, 6.45) is 6.26. The molecule has 0 aliphatic heterocycles. The summed E-state index contributed by atoms with van der Waals surface area (Å²) in [6, 6.07) is 1.39. The van der Waals surface area contributed by atoms with Gasteiger partial charge in [-0.1, -0.05) is 19.8 Å². The Kier molecular flexibility index (Phi) is 7.55. The summed E-state index contributed by atoms with van der Waals surface area (Å²) in [6.45, 7) is 3.03. The molecular formula is C10H17NO3. The number of aromatic carboxylic acids is 1. The Morgan fingerprint density at radius 3 is 2.50 bits per heavy atom. The van der Waals surface area contributed by atoms with Crippen molar-refractivity contribution in [2.24, 2.45) is 5.73 Å². The van der Waals surface area contributed by atoms with E-state index >= 15 is 0 Å². The molecule has 0 bridgehead atoms. The number of hydrogen-bond donors (Lipinski definition) is 2. The van der Waals surface area contributed by atoms with Gasteiger partial charge < -0.3 is 15.3 Å². The van der Waals surface area contributed by atoms with Crippen LogP contribution in [0.1, 0.15) is 36.5 Å². The summed E-state index contributed by atoms with van der Waals surface area (Å²) in [5, 5.41) is 8.21. The molecule has 0 aromatic carbocycles. The van der Waals surface area contributed by atoms with Crippen molar-refractivity contribution < 1.29 is 14.3 Å². The average Bonchev–Trinajstić information content (AvgIpc) is 2.68. The van der Waals surface area contributed by atoms with Crippen LogP contribution in [0.3, 0.4) is 0 Å². The molecule has 4 nitrogen and oxygen atoms in total. The van der Waals surface area contributed by atoms with Gasteiger partial charge in [-0.05, 0) is 19.0 Å². The summed E-state index contributed by atoms with van der Waals surface area (Å²) < 4.78 is 4.49. The van der Waals surface area contributed by atoms with Crippen LogP contribution >= 0.6 is 0 Å². The predicted molar refractivity (Wildman–Crippen MR) is 54.2 cm³/mol. The smallest absolute Gasteiger partial charge is 0.338 e. The third-order valence-corrected chi connectivity index (χ3v) is 1.58. The van der Waals surface area contributed by atoms with Gasteiger partial charge in [0.1, 0.15) is 6.26 Å². The van der Waals surface area contributed by atoms with Gasteiger partial charge in [0.2, 0.25) is 0 Å². The van der Waals surface area contributed by atoms with Gasteiger partial charge >= 0.3 is 5.97 Å². The second kappa shape index (κ2) is 8.31. The van der Waals surface area contributed by atoms with Crippen LogP contribution in [0.15, 0.2) is 23.0 Å².